The summed E-state index contributed by atoms with van der Waals surface area (Å²) in [7, 11) is 0. The van der Waals surface area contributed by atoms with Crippen molar-refractivity contribution in [2.24, 2.45) is 0 Å². The Balaban J connectivity index is 1.59. The van der Waals surface area contributed by atoms with E-state index in [1.807, 2.05) is 24.3 Å². The molecule has 2 heterocycles. The van der Waals surface area contributed by atoms with Crippen molar-refractivity contribution in [1.82, 2.24) is 5.32 Å². The van der Waals surface area contributed by atoms with Crippen LogP contribution in [0.4, 0.5) is 0 Å². The summed E-state index contributed by atoms with van der Waals surface area (Å²) in [6.07, 6.45) is 3.45. The number of benzene rings is 1. The van der Waals surface area contributed by atoms with E-state index in [4.69, 9.17) is 4.74 Å². The van der Waals surface area contributed by atoms with Gasteiger partial charge in [-0.25, -0.2) is 0 Å². The maximum Gasteiger partial charge on any atom is 0.252 e. The molecule has 1 amide bonds. The maximum atomic E-state index is 12.6. The topological polar surface area (TPSA) is 38.3 Å². The fourth-order valence-electron chi connectivity index (χ4n) is 2.85. The Morgan fingerprint density at radius 3 is 3.04 bits per heavy atom. The molecule has 1 fully saturated rings. The molecule has 3 rings (SSSR count). The summed E-state index contributed by atoms with van der Waals surface area (Å²) in [6.45, 7) is 2.92. The zero-order valence-electron chi connectivity index (χ0n) is 13.9. The van der Waals surface area contributed by atoms with Gasteiger partial charge in [-0.1, -0.05) is 12.1 Å². The first-order chi connectivity index (χ1) is 11.7. The lowest BCUT2D eigenvalue weighted by molar-refractivity contribution is 0.0937. The highest BCUT2D eigenvalue weighted by Gasteiger charge is 2.18. The molecule has 0 bridgehead atoms. The van der Waals surface area contributed by atoms with E-state index in [2.05, 4.69) is 29.1 Å². The molecule has 5 heteroatoms. The number of nitrogens with one attached hydrogen (secondary N) is 1. The van der Waals surface area contributed by atoms with Crippen LogP contribution in [0.1, 0.15) is 35.7 Å². The van der Waals surface area contributed by atoms with Crippen molar-refractivity contribution in [1.29, 1.82) is 0 Å². The minimum atomic E-state index is 0.00756. The van der Waals surface area contributed by atoms with Gasteiger partial charge in [0.05, 0.1) is 11.7 Å². The average Bonchev–Trinajstić information content (AvgIpc) is 3.26. The SMILES string of the molecule is CC(Cc1ccsc1)NC(=O)c1ccccc1SCC1CCCO1. The van der Waals surface area contributed by atoms with E-state index in [-0.39, 0.29) is 11.9 Å². The van der Waals surface area contributed by atoms with E-state index in [9.17, 15) is 4.79 Å². The van der Waals surface area contributed by atoms with Crippen molar-refractivity contribution < 1.29 is 9.53 Å². The summed E-state index contributed by atoms with van der Waals surface area (Å²) >= 11 is 3.41. The van der Waals surface area contributed by atoms with E-state index in [0.717, 1.165) is 42.1 Å². The predicted molar refractivity (Wildman–Crippen MR) is 101 cm³/mol. The number of carbonyl (C=O) groups is 1. The monoisotopic (exact) mass is 361 g/mol. The van der Waals surface area contributed by atoms with Gasteiger partial charge in [-0.3, -0.25) is 4.79 Å². The molecule has 2 unspecified atom stereocenters. The third-order valence-electron chi connectivity index (χ3n) is 4.08. The third kappa shape index (κ3) is 4.85. The van der Waals surface area contributed by atoms with Crippen LogP contribution >= 0.6 is 23.1 Å². The minimum absolute atomic E-state index is 0.00756. The molecule has 1 aliphatic rings. The van der Waals surface area contributed by atoms with Crippen LogP contribution in [0.25, 0.3) is 0 Å². The molecule has 0 aliphatic carbocycles. The normalized spacial score (nSPS) is 18.5. The summed E-state index contributed by atoms with van der Waals surface area (Å²) in [6, 6.07) is 10.1. The third-order valence-corrected chi connectivity index (χ3v) is 6.02. The first kappa shape index (κ1) is 17.5. The van der Waals surface area contributed by atoms with Crippen LogP contribution in [0.5, 0.6) is 0 Å². The first-order valence-corrected chi connectivity index (χ1v) is 10.3. The highest BCUT2D eigenvalue weighted by atomic mass is 32.2. The second-order valence-electron chi connectivity index (χ2n) is 6.15. The second kappa shape index (κ2) is 8.70. The van der Waals surface area contributed by atoms with Crippen LogP contribution in [0.2, 0.25) is 0 Å². The molecule has 2 atom stereocenters. The number of hydrogen-bond acceptors (Lipinski definition) is 4. The van der Waals surface area contributed by atoms with Gasteiger partial charge in [0.15, 0.2) is 0 Å². The van der Waals surface area contributed by atoms with Gasteiger partial charge in [-0.15, -0.1) is 11.8 Å². The Labute approximate surface area is 151 Å². The van der Waals surface area contributed by atoms with E-state index in [1.54, 1.807) is 23.1 Å². The van der Waals surface area contributed by atoms with Crippen LogP contribution in [-0.2, 0) is 11.2 Å². The van der Waals surface area contributed by atoms with E-state index in [0.29, 0.717) is 6.10 Å². The Bertz CT molecular complexity index is 651. The van der Waals surface area contributed by atoms with Gasteiger partial charge in [0.1, 0.15) is 0 Å². The molecule has 24 heavy (non-hydrogen) atoms. The Morgan fingerprint density at radius 1 is 1.42 bits per heavy atom. The smallest absolute Gasteiger partial charge is 0.252 e. The zero-order valence-corrected chi connectivity index (χ0v) is 15.5. The number of amides is 1. The van der Waals surface area contributed by atoms with Crippen LogP contribution < -0.4 is 5.32 Å². The van der Waals surface area contributed by atoms with E-state index in [1.165, 1.54) is 5.56 Å². The summed E-state index contributed by atoms with van der Waals surface area (Å²) in [5, 5.41) is 7.33. The van der Waals surface area contributed by atoms with Gasteiger partial charge in [0.25, 0.3) is 5.91 Å². The molecule has 1 N–H and O–H groups in total. The molecule has 1 saturated heterocycles. The number of carbonyl (C=O) groups excluding carboxylic acids is 1. The quantitative estimate of drug-likeness (QED) is 0.744. The molecule has 0 saturated carbocycles. The lowest BCUT2D eigenvalue weighted by atomic mass is 10.1. The highest BCUT2D eigenvalue weighted by Crippen LogP contribution is 2.26. The maximum absolute atomic E-state index is 12.6. The van der Waals surface area contributed by atoms with Crippen LogP contribution in [-0.4, -0.2) is 30.4 Å². The summed E-state index contributed by atoms with van der Waals surface area (Å²) in [5.41, 5.74) is 2.03. The zero-order chi connectivity index (χ0) is 16.8. The fraction of sp³-hybridized carbons (Fsp3) is 0.421. The van der Waals surface area contributed by atoms with E-state index < -0.39 is 0 Å². The van der Waals surface area contributed by atoms with Crippen molar-refractivity contribution in [2.45, 2.75) is 43.2 Å². The molecule has 1 aliphatic heterocycles. The van der Waals surface area contributed by atoms with Gasteiger partial charge in [-0.2, -0.15) is 11.3 Å². The van der Waals surface area contributed by atoms with Crippen molar-refractivity contribution in [3.05, 3.63) is 52.2 Å². The molecule has 1 aromatic heterocycles. The van der Waals surface area contributed by atoms with Gasteiger partial charge >= 0.3 is 0 Å². The van der Waals surface area contributed by atoms with Crippen molar-refractivity contribution in [3.8, 4) is 0 Å². The Kier molecular flexibility index (Phi) is 6.35. The number of hydrogen-bond donors (Lipinski definition) is 1. The highest BCUT2D eigenvalue weighted by molar-refractivity contribution is 7.99. The molecule has 128 valence electrons. The average molecular weight is 362 g/mol. The largest absolute Gasteiger partial charge is 0.377 e. The van der Waals surface area contributed by atoms with Crippen molar-refractivity contribution in [2.75, 3.05) is 12.4 Å². The van der Waals surface area contributed by atoms with Crippen molar-refractivity contribution >= 4 is 29.0 Å². The standard InChI is InChI=1S/C19H23NO2S2/c1-14(11-15-8-10-23-12-15)20-19(21)17-6-2-3-7-18(17)24-13-16-5-4-9-22-16/h2-3,6-8,10,12,14,16H,4-5,9,11,13H2,1H3,(H,20,21). The van der Waals surface area contributed by atoms with E-state index >= 15 is 0 Å². The predicted octanol–water partition coefficient (Wildman–Crippen LogP) is 4.38. The van der Waals surface area contributed by atoms with Gasteiger partial charge in [0.2, 0.25) is 0 Å². The van der Waals surface area contributed by atoms with Crippen LogP contribution in [0.3, 0.4) is 0 Å². The van der Waals surface area contributed by atoms with Crippen molar-refractivity contribution in [3.63, 3.8) is 0 Å². The number of ether oxygens (including phenoxy) is 1. The summed E-state index contributed by atoms with van der Waals surface area (Å²) < 4.78 is 5.68. The Hall–Kier alpha value is -1.30. The van der Waals surface area contributed by atoms with Crippen LogP contribution in [0, 0.1) is 0 Å². The lowest BCUT2D eigenvalue weighted by Gasteiger charge is -2.16. The summed E-state index contributed by atoms with van der Waals surface area (Å²) in [4.78, 5) is 13.7. The minimum Gasteiger partial charge on any atom is -0.377 e. The van der Waals surface area contributed by atoms with Gasteiger partial charge in [-0.05, 0) is 60.7 Å². The lowest BCUT2D eigenvalue weighted by Crippen LogP contribution is -2.34. The second-order valence-corrected chi connectivity index (χ2v) is 7.99. The van der Waals surface area contributed by atoms with Gasteiger partial charge in [0, 0.05) is 23.3 Å². The molecule has 1 aromatic carbocycles. The molecule has 0 radical (unpaired) electrons. The number of rotatable bonds is 7. The first-order valence-electron chi connectivity index (χ1n) is 8.38. The molecule has 2 aromatic rings. The Morgan fingerprint density at radius 2 is 2.29 bits per heavy atom. The molecule has 0 spiro atoms. The fourth-order valence-corrected chi connectivity index (χ4v) is 4.65. The van der Waals surface area contributed by atoms with Crippen LogP contribution in [0.15, 0.2) is 46.0 Å². The molecular formula is C19H23NO2S2. The summed E-state index contributed by atoms with van der Waals surface area (Å²) in [5.74, 6) is 0.919. The number of thioether (sulfide) groups is 1. The number of thiophene rings is 1. The van der Waals surface area contributed by atoms with Gasteiger partial charge < -0.3 is 10.1 Å². The molecular weight excluding hydrogens is 338 g/mol. The molecule has 3 nitrogen and oxygen atoms in total.